The highest BCUT2D eigenvalue weighted by Gasteiger charge is 2.33. The van der Waals surface area contributed by atoms with Crippen molar-refractivity contribution in [2.45, 2.75) is 33.1 Å². The maximum absolute atomic E-state index is 11.3. The molecule has 7 heteroatoms. The summed E-state index contributed by atoms with van der Waals surface area (Å²) in [6.07, 6.45) is 0.315. The first-order valence-corrected chi connectivity index (χ1v) is 6.00. The lowest BCUT2D eigenvalue weighted by Crippen LogP contribution is -2.31. The minimum atomic E-state index is -0.945. The van der Waals surface area contributed by atoms with E-state index in [9.17, 15) is 19.2 Å². The highest BCUT2D eigenvalue weighted by atomic mass is 32.2. The molecule has 1 fully saturated rings. The van der Waals surface area contributed by atoms with Gasteiger partial charge in [0.1, 0.15) is 0 Å². The molecule has 0 aromatic rings. The lowest BCUT2D eigenvalue weighted by Gasteiger charge is -2.11. The summed E-state index contributed by atoms with van der Waals surface area (Å²) >= 11 is 0.373. The number of hydrogen-bond donors (Lipinski definition) is 0. The molecule has 1 aliphatic heterocycles. The van der Waals surface area contributed by atoms with Gasteiger partial charge in [-0.3, -0.25) is 14.4 Å². The second kappa shape index (κ2) is 5.81. The van der Waals surface area contributed by atoms with Crippen LogP contribution < -0.4 is 0 Å². The van der Waals surface area contributed by atoms with Crippen LogP contribution in [0.1, 0.15) is 33.1 Å². The van der Waals surface area contributed by atoms with Crippen LogP contribution in [-0.4, -0.2) is 27.3 Å². The number of hydrogen-bond acceptors (Lipinski definition) is 6. The smallest absolute Gasteiger partial charge is 0.319 e. The molecule has 0 bridgehead atoms. The first kappa shape index (κ1) is 13.7. The van der Waals surface area contributed by atoms with Crippen LogP contribution >= 0.6 is 11.8 Å². The van der Waals surface area contributed by atoms with E-state index >= 15 is 0 Å². The summed E-state index contributed by atoms with van der Waals surface area (Å²) in [5.41, 5.74) is 0. The molecule has 1 rings (SSSR count). The Morgan fingerprint density at radius 2 is 1.82 bits per heavy atom. The second-order valence-corrected chi connectivity index (χ2v) is 4.99. The number of carbonyl (C=O) groups is 4. The molecule has 1 saturated heterocycles. The Morgan fingerprint density at radius 3 is 2.29 bits per heavy atom. The van der Waals surface area contributed by atoms with Crippen LogP contribution in [0.25, 0.3) is 0 Å². The quantitative estimate of drug-likeness (QED) is 0.714. The van der Waals surface area contributed by atoms with E-state index in [-0.39, 0.29) is 30.3 Å². The molecule has 0 radical (unpaired) electrons. The van der Waals surface area contributed by atoms with Gasteiger partial charge in [0.2, 0.25) is 0 Å². The van der Waals surface area contributed by atoms with Crippen molar-refractivity contribution in [1.82, 2.24) is 5.06 Å². The number of carbonyl (C=O) groups excluding carboxylic acids is 4. The van der Waals surface area contributed by atoms with Gasteiger partial charge in [-0.2, -0.15) is 0 Å². The van der Waals surface area contributed by atoms with Gasteiger partial charge in [0.15, 0.2) is 5.12 Å². The van der Waals surface area contributed by atoms with Crippen molar-refractivity contribution in [2.75, 3.05) is 0 Å². The normalized spacial score (nSPS) is 15.6. The monoisotopic (exact) mass is 259 g/mol. The molecule has 1 aliphatic rings. The van der Waals surface area contributed by atoms with Gasteiger partial charge in [0.25, 0.3) is 11.8 Å². The Labute approximate surface area is 103 Å². The van der Waals surface area contributed by atoms with E-state index in [1.54, 1.807) is 0 Å². The zero-order chi connectivity index (χ0) is 13.0. The van der Waals surface area contributed by atoms with Crippen LogP contribution in [0.5, 0.6) is 0 Å². The minimum absolute atomic E-state index is 0.0384. The van der Waals surface area contributed by atoms with Gasteiger partial charge in [-0.25, -0.2) is 4.79 Å². The first-order valence-electron chi connectivity index (χ1n) is 5.18. The first-order chi connectivity index (χ1) is 7.90. The average Bonchev–Trinajstić information content (AvgIpc) is 2.47. The molecule has 0 N–H and O–H groups in total. The summed E-state index contributed by atoms with van der Waals surface area (Å²) in [7, 11) is 0. The fourth-order valence-electron chi connectivity index (χ4n) is 1.22. The molecule has 2 amide bonds. The second-order valence-electron chi connectivity index (χ2n) is 4.00. The van der Waals surface area contributed by atoms with Gasteiger partial charge < -0.3 is 4.84 Å². The van der Waals surface area contributed by atoms with Crippen molar-refractivity contribution >= 4 is 34.0 Å². The molecule has 0 spiro atoms. The Balaban J connectivity index is 2.42. The van der Waals surface area contributed by atoms with Crippen LogP contribution in [0.3, 0.4) is 0 Å². The summed E-state index contributed by atoms with van der Waals surface area (Å²) < 4.78 is 0. The van der Waals surface area contributed by atoms with Crippen molar-refractivity contribution < 1.29 is 24.0 Å². The standard InChI is InChI=1S/C10H13NO5S/c1-6(2)5-9(14)17-10(15)16-11-7(12)3-4-8(11)13/h6H,3-5H2,1-2H3. The van der Waals surface area contributed by atoms with Gasteiger partial charge in [0.05, 0.1) is 0 Å². The lowest BCUT2D eigenvalue weighted by molar-refractivity contribution is -0.169. The SMILES string of the molecule is CC(C)CC(=O)SC(=O)ON1C(=O)CCC1=O. The van der Waals surface area contributed by atoms with E-state index in [4.69, 9.17) is 0 Å². The van der Waals surface area contributed by atoms with Crippen molar-refractivity contribution in [1.29, 1.82) is 0 Å². The van der Waals surface area contributed by atoms with Gasteiger partial charge in [0, 0.05) is 31.0 Å². The van der Waals surface area contributed by atoms with Gasteiger partial charge in [-0.15, -0.1) is 5.06 Å². The predicted octanol–water partition coefficient (Wildman–Crippen LogP) is 1.49. The highest BCUT2D eigenvalue weighted by molar-refractivity contribution is 8.25. The number of nitrogens with zero attached hydrogens (tertiary/aromatic N) is 1. The Hall–Kier alpha value is -1.37. The van der Waals surface area contributed by atoms with E-state index in [1.807, 2.05) is 13.8 Å². The van der Waals surface area contributed by atoms with Crippen LogP contribution in [0.4, 0.5) is 4.79 Å². The number of hydroxylamine groups is 2. The van der Waals surface area contributed by atoms with Gasteiger partial charge >= 0.3 is 5.30 Å². The summed E-state index contributed by atoms with van der Waals surface area (Å²) in [4.78, 5) is 49.3. The van der Waals surface area contributed by atoms with Crippen molar-refractivity contribution in [3.63, 3.8) is 0 Å². The Bertz CT molecular complexity index is 350. The van der Waals surface area contributed by atoms with Gasteiger partial charge in [-0.05, 0) is 5.92 Å². The third kappa shape index (κ3) is 4.18. The largest absolute Gasteiger partial charge is 0.399 e. The topological polar surface area (TPSA) is 80.8 Å². The molecule has 0 aliphatic carbocycles. The van der Waals surface area contributed by atoms with Crippen molar-refractivity contribution in [2.24, 2.45) is 5.92 Å². The Kier molecular flexibility index (Phi) is 4.68. The van der Waals surface area contributed by atoms with E-state index in [1.165, 1.54) is 0 Å². The maximum Gasteiger partial charge on any atom is 0.399 e. The molecule has 6 nitrogen and oxygen atoms in total. The summed E-state index contributed by atoms with van der Waals surface area (Å²) in [6.45, 7) is 3.69. The number of imide groups is 1. The maximum atomic E-state index is 11.3. The van der Waals surface area contributed by atoms with E-state index in [0.717, 1.165) is 0 Å². The molecule has 0 atom stereocenters. The molecule has 1 heterocycles. The minimum Gasteiger partial charge on any atom is -0.319 e. The van der Waals surface area contributed by atoms with E-state index in [2.05, 4.69) is 4.84 Å². The van der Waals surface area contributed by atoms with Crippen LogP contribution in [-0.2, 0) is 19.2 Å². The lowest BCUT2D eigenvalue weighted by atomic mass is 10.2. The highest BCUT2D eigenvalue weighted by Crippen LogP contribution is 2.18. The molecule has 0 saturated carbocycles. The van der Waals surface area contributed by atoms with Gasteiger partial charge in [-0.1, -0.05) is 13.8 Å². The van der Waals surface area contributed by atoms with Crippen LogP contribution in [0, 0.1) is 5.92 Å². The van der Waals surface area contributed by atoms with E-state index in [0.29, 0.717) is 16.8 Å². The Morgan fingerprint density at radius 1 is 1.29 bits per heavy atom. The number of thioether (sulfide) groups is 1. The molecule has 94 valence electrons. The zero-order valence-corrected chi connectivity index (χ0v) is 10.4. The third-order valence-electron chi connectivity index (χ3n) is 1.94. The fraction of sp³-hybridized carbons (Fsp3) is 0.600. The van der Waals surface area contributed by atoms with Crippen molar-refractivity contribution in [3.8, 4) is 0 Å². The summed E-state index contributed by atoms with van der Waals surface area (Å²) in [5, 5.41) is -0.860. The summed E-state index contributed by atoms with van der Waals surface area (Å²) in [6, 6.07) is 0. The molecule has 0 aromatic carbocycles. The van der Waals surface area contributed by atoms with Crippen LogP contribution in [0.2, 0.25) is 0 Å². The molecule has 0 aromatic heterocycles. The third-order valence-corrected chi connectivity index (χ3v) is 2.58. The van der Waals surface area contributed by atoms with Crippen LogP contribution in [0.15, 0.2) is 0 Å². The molecule has 0 unspecified atom stereocenters. The summed E-state index contributed by atoms with van der Waals surface area (Å²) in [5.74, 6) is -0.974. The van der Waals surface area contributed by atoms with Crippen molar-refractivity contribution in [3.05, 3.63) is 0 Å². The fourth-order valence-corrected chi connectivity index (χ4v) is 1.93. The molecule has 17 heavy (non-hydrogen) atoms. The molecular formula is C10H13NO5S. The zero-order valence-electron chi connectivity index (χ0n) is 9.60. The van der Waals surface area contributed by atoms with E-state index < -0.39 is 17.1 Å². The molecular weight excluding hydrogens is 246 g/mol. The number of amides is 2. The predicted molar refractivity (Wildman–Crippen MR) is 59.6 cm³/mol. The number of rotatable bonds is 3. The average molecular weight is 259 g/mol.